The van der Waals surface area contributed by atoms with E-state index in [1.807, 2.05) is 0 Å². The Kier molecular flexibility index (Phi) is 8.51. The third kappa shape index (κ3) is 7.39. The zero-order chi connectivity index (χ0) is 32.5. The number of hydrogen-bond donors (Lipinski definition) is 3. The highest BCUT2D eigenvalue weighted by Gasteiger charge is 2.31. The zero-order valence-electron chi connectivity index (χ0n) is 23.3. The van der Waals surface area contributed by atoms with E-state index < -0.39 is 52.6 Å². The Morgan fingerprint density at radius 1 is 0.911 bits per heavy atom. The Labute approximate surface area is 253 Å². The van der Waals surface area contributed by atoms with Crippen LogP contribution in [0.15, 0.2) is 60.7 Å². The van der Waals surface area contributed by atoms with Gasteiger partial charge in [-0.25, -0.2) is 12.8 Å². The van der Waals surface area contributed by atoms with E-state index in [1.165, 1.54) is 48.5 Å². The number of fused-ring (bicyclic) bond motifs is 1. The van der Waals surface area contributed by atoms with Crippen LogP contribution in [-0.4, -0.2) is 71.9 Å². The second-order valence-electron chi connectivity index (χ2n) is 10.3. The number of nitrogens with one attached hydrogen (secondary N) is 2. The van der Waals surface area contributed by atoms with Crippen molar-refractivity contribution >= 4 is 55.6 Å². The summed E-state index contributed by atoms with van der Waals surface area (Å²) in [5.74, 6) is -3.89. The summed E-state index contributed by atoms with van der Waals surface area (Å²) in [6, 6.07) is 13.3. The van der Waals surface area contributed by atoms with Crippen molar-refractivity contribution in [3.8, 4) is 0 Å². The molecule has 1 saturated heterocycles. The lowest BCUT2D eigenvalue weighted by Gasteiger charge is -2.30. The monoisotopic (exact) mass is 647 g/mol. The number of carbonyl (C=O) groups excluding carboxylic acids is 2. The fourth-order valence-electron chi connectivity index (χ4n) is 4.96. The van der Waals surface area contributed by atoms with Crippen LogP contribution in [0.3, 0.4) is 0 Å². The van der Waals surface area contributed by atoms with E-state index in [2.05, 4.69) is 15.7 Å². The maximum Gasteiger partial charge on any atom is 0.408 e. The van der Waals surface area contributed by atoms with Crippen LogP contribution in [0.2, 0.25) is 0 Å². The number of rotatable bonds is 8. The van der Waals surface area contributed by atoms with Crippen molar-refractivity contribution in [1.82, 2.24) is 9.78 Å². The summed E-state index contributed by atoms with van der Waals surface area (Å²) in [5.41, 5.74) is 0.205. The van der Waals surface area contributed by atoms with Crippen LogP contribution in [0, 0.1) is 5.82 Å². The highest BCUT2D eigenvalue weighted by molar-refractivity contribution is 7.91. The first-order valence-electron chi connectivity index (χ1n) is 13.4. The molecule has 11 nitrogen and oxygen atoms in total. The summed E-state index contributed by atoms with van der Waals surface area (Å²) in [6.45, 7) is -1.28. The van der Waals surface area contributed by atoms with Crippen LogP contribution in [0.25, 0.3) is 10.9 Å². The molecule has 0 aliphatic carbocycles. The first-order chi connectivity index (χ1) is 21.2. The number of hydrogen-bond acceptors (Lipinski definition) is 7. The minimum atomic E-state index is -4.61. The molecular formula is C29H25F4N5O6S. The Morgan fingerprint density at radius 2 is 1.60 bits per heavy atom. The summed E-state index contributed by atoms with van der Waals surface area (Å²) in [7, 11) is -3.28. The third-order valence-electron chi connectivity index (χ3n) is 7.05. The van der Waals surface area contributed by atoms with Crippen molar-refractivity contribution in [3.63, 3.8) is 0 Å². The molecule has 0 unspecified atom stereocenters. The predicted octanol–water partition coefficient (Wildman–Crippen LogP) is 4.10. The molecule has 0 radical (unpaired) electrons. The Hall–Kier alpha value is -4.99. The van der Waals surface area contributed by atoms with Gasteiger partial charge in [-0.2, -0.15) is 18.3 Å². The van der Waals surface area contributed by atoms with E-state index >= 15 is 0 Å². The molecular weight excluding hydrogens is 622 g/mol. The van der Waals surface area contributed by atoms with E-state index in [0.29, 0.717) is 10.4 Å². The number of nitrogens with zero attached hydrogens (tertiary/aromatic N) is 3. The van der Waals surface area contributed by atoms with E-state index in [1.54, 1.807) is 4.90 Å². The van der Waals surface area contributed by atoms with Gasteiger partial charge >= 0.3 is 12.1 Å². The number of aromatic nitrogens is 2. The highest BCUT2D eigenvalue weighted by Crippen LogP contribution is 2.31. The van der Waals surface area contributed by atoms with Crippen molar-refractivity contribution in [3.05, 3.63) is 83.3 Å². The van der Waals surface area contributed by atoms with Crippen LogP contribution >= 0.6 is 0 Å². The smallest absolute Gasteiger partial charge is 0.408 e. The number of alkyl halides is 3. The molecule has 1 aliphatic rings. The molecule has 16 heteroatoms. The van der Waals surface area contributed by atoms with Gasteiger partial charge in [-0.05, 0) is 48.0 Å². The molecule has 2 amide bonds. The van der Waals surface area contributed by atoms with E-state index in [4.69, 9.17) is 0 Å². The molecule has 1 fully saturated rings. The fourth-order valence-corrected chi connectivity index (χ4v) is 6.16. The van der Waals surface area contributed by atoms with Gasteiger partial charge in [0.25, 0.3) is 11.8 Å². The number of benzene rings is 3. The molecule has 2 heterocycles. The molecule has 1 aromatic heterocycles. The lowest BCUT2D eigenvalue weighted by atomic mass is 10.1. The molecule has 0 atom stereocenters. The second kappa shape index (κ2) is 12.2. The lowest BCUT2D eigenvalue weighted by Crippen LogP contribution is -2.40. The summed E-state index contributed by atoms with van der Waals surface area (Å²) in [6.07, 6.45) is -5.18. The van der Waals surface area contributed by atoms with Gasteiger partial charge in [0.15, 0.2) is 15.5 Å². The van der Waals surface area contributed by atoms with Crippen LogP contribution in [-0.2, 0) is 27.6 Å². The highest BCUT2D eigenvalue weighted by atomic mass is 32.2. The maximum atomic E-state index is 13.8. The van der Waals surface area contributed by atoms with Crippen molar-refractivity contribution in [2.75, 3.05) is 40.1 Å². The Bertz CT molecular complexity index is 1910. The van der Waals surface area contributed by atoms with E-state index in [-0.39, 0.29) is 63.7 Å². The van der Waals surface area contributed by atoms with Crippen molar-refractivity contribution in [1.29, 1.82) is 0 Å². The maximum absolute atomic E-state index is 13.8. The number of halogens is 4. The number of carboxylic acids is 1. The third-order valence-corrected chi connectivity index (χ3v) is 8.66. The van der Waals surface area contributed by atoms with Gasteiger partial charge in [0.2, 0.25) is 0 Å². The molecule has 45 heavy (non-hydrogen) atoms. The zero-order valence-corrected chi connectivity index (χ0v) is 24.1. The van der Waals surface area contributed by atoms with Crippen LogP contribution in [0.4, 0.5) is 34.6 Å². The van der Waals surface area contributed by atoms with Gasteiger partial charge in [-0.1, -0.05) is 18.2 Å². The van der Waals surface area contributed by atoms with Crippen molar-refractivity contribution < 1.29 is 45.5 Å². The number of amides is 2. The average molecular weight is 648 g/mol. The normalized spacial score (nSPS) is 14.7. The standard InChI is InChI=1S/C29H25F4N5O6S/c30-19-6-7-21(18(13-19)15-25(39)40)34-27(41)17-5-8-24(37-9-11-45(43,44)12-10-37)22(14-17)35-28(42)26-20-3-1-2-4-23(20)38(36-26)16-29(31,32)33/h1-8,13-14H,9-12,15-16H2,(H,34,41)(H,35,42)(H,39,40). The quantitative estimate of drug-likeness (QED) is 0.242. The number of para-hydroxylation sites is 1. The number of anilines is 3. The molecule has 1 aliphatic heterocycles. The molecule has 5 rings (SSSR count). The predicted molar refractivity (Wildman–Crippen MR) is 157 cm³/mol. The largest absolute Gasteiger partial charge is 0.481 e. The molecule has 3 aromatic carbocycles. The van der Waals surface area contributed by atoms with Crippen molar-refractivity contribution in [2.45, 2.75) is 19.1 Å². The fraction of sp³-hybridized carbons (Fsp3) is 0.241. The molecule has 0 saturated carbocycles. The van der Waals surface area contributed by atoms with Crippen LogP contribution in [0.1, 0.15) is 26.4 Å². The first kappa shape index (κ1) is 31.4. The Morgan fingerprint density at radius 3 is 2.29 bits per heavy atom. The van der Waals surface area contributed by atoms with Crippen LogP contribution in [0.5, 0.6) is 0 Å². The summed E-state index contributed by atoms with van der Waals surface area (Å²) in [4.78, 5) is 39.7. The molecule has 236 valence electrons. The summed E-state index contributed by atoms with van der Waals surface area (Å²) in [5, 5.41) is 18.4. The number of sulfone groups is 1. The van der Waals surface area contributed by atoms with Gasteiger partial charge in [-0.3, -0.25) is 19.1 Å². The summed E-state index contributed by atoms with van der Waals surface area (Å²) < 4.78 is 78.2. The second-order valence-corrected chi connectivity index (χ2v) is 12.6. The number of aliphatic carboxylic acids is 1. The Balaban J connectivity index is 1.50. The number of carbonyl (C=O) groups is 3. The van der Waals surface area contributed by atoms with Gasteiger partial charge in [0.05, 0.1) is 34.8 Å². The minimum Gasteiger partial charge on any atom is -0.481 e. The minimum absolute atomic E-state index is 0.0110. The van der Waals surface area contributed by atoms with Gasteiger partial charge in [-0.15, -0.1) is 0 Å². The van der Waals surface area contributed by atoms with E-state index in [9.17, 15) is 45.5 Å². The van der Waals surface area contributed by atoms with Gasteiger partial charge < -0.3 is 20.6 Å². The van der Waals surface area contributed by atoms with Gasteiger partial charge in [0.1, 0.15) is 12.4 Å². The van der Waals surface area contributed by atoms with Crippen LogP contribution < -0.4 is 15.5 Å². The summed E-state index contributed by atoms with van der Waals surface area (Å²) >= 11 is 0. The lowest BCUT2D eigenvalue weighted by molar-refractivity contribution is -0.142. The molecule has 4 aromatic rings. The van der Waals surface area contributed by atoms with Gasteiger partial charge in [0, 0.05) is 29.7 Å². The molecule has 0 bridgehead atoms. The first-order valence-corrected chi connectivity index (χ1v) is 15.3. The molecule has 3 N–H and O–H groups in total. The van der Waals surface area contributed by atoms with E-state index in [0.717, 1.165) is 12.1 Å². The number of carboxylic acid groups (broad SMARTS) is 1. The average Bonchev–Trinajstić information content (AvgIpc) is 3.31. The molecule has 0 spiro atoms. The topological polar surface area (TPSA) is 151 Å². The van der Waals surface area contributed by atoms with Crippen molar-refractivity contribution in [2.24, 2.45) is 0 Å². The SMILES string of the molecule is O=C(O)Cc1cc(F)ccc1NC(=O)c1ccc(N2CCS(=O)(=O)CC2)c(NC(=O)c2nn(CC(F)(F)F)c3ccccc23)c1.